The van der Waals surface area contributed by atoms with E-state index in [0.29, 0.717) is 6.54 Å². The predicted octanol–water partition coefficient (Wildman–Crippen LogP) is 0.636. The maximum Gasteiger partial charge on any atom is 0.337 e. The van der Waals surface area contributed by atoms with Crippen molar-refractivity contribution in [1.29, 1.82) is 0 Å². The number of rotatable bonds is 4. The number of likely N-dealkylation sites (tertiary alicyclic amines) is 1. The predicted molar refractivity (Wildman–Crippen MR) is 79.2 cm³/mol. The van der Waals surface area contributed by atoms with Crippen molar-refractivity contribution < 1.29 is 22.7 Å². The maximum atomic E-state index is 12.3. The number of likely N-dealkylation sites (N-methyl/N-ethyl adjacent to an activating group) is 1. The number of hydrogen-bond acceptors (Lipinski definition) is 5. The zero-order valence-corrected chi connectivity index (χ0v) is 13.6. The molecule has 1 saturated heterocycles. The molecule has 1 aliphatic heterocycles. The van der Waals surface area contributed by atoms with Crippen LogP contribution in [0.15, 0.2) is 23.1 Å². The minimum atomic E-state index is -3.88. The highest BCUT2D eigenvalue weighted by Gasteiger charge is 2.31. The smallest absolute Gasteiger partial charge is 0.337 e. The Morgan fingerprint density at radius 3 is 2.64 bits per heavy atom. The van der Waals surface area contributed by atoms with Gasteiger partial charge in [-0.05, 0) is 18.2 Å². The van der Waals surface area contributed by atoms with Crippen LogP contribution in [-0.2, 0) is 19.6 Å². The minimum Gasteiger partial charge on any atom is -0.465 e. The number of carbonyl (C=O) groups excluding carboxylic acids is 2. The Kier molecular flexibility index (Phi) is 4.74. The number of hydrogen-bond donors (Lipinski definition) is 1. The van der Waals surface area contributed by atoms with Crippen molar-refractivity contribution in [2.75, 3.05) is 20.7 Å². The molecule has 22 heavy (non-hydrogen) atoms. The topological polar surface area (TPSA) is 92.8 Å². The van der Waals surface area contributed by atoms with Crippen molar-refractivity contribution in [3.8, 4) is 0 Å². The Bertz CT molecular complexity index is 719. The number of methoxy groups -OCH3 is 1. The first-order chi connectivity index (χ1) is 10.2. The van der Waals surface area contributed by atoms with Crippen LogP contribution in [0.1, 0.15) is 16.8 Å². The average Bonchev–Trinajstić information content (AvgIpc) is 2.74. The molecule has 0 spiro atoms. The summed E-state index contributed by atoms with van der Waals surface area (Å²) in [5.41, 5.74) is 0.155. The number of nitrogens with one attached hydrogen (secondary N) is 1. The Balaban J connectivity index is 2.23. The Hall–Kier alpha value is -1.64. The molecule has 0 aliphatic carbocycles. The summed E-state index contributed by atoms with van der Waals surface area (Å²) in [6.45, 7) is 0.302. The van der Waals surface area contributed by atoms with Crippen molar-refractivity contribution in [3.05, 3.63) is 28.8 Å². The molecule has 0 bridgehead atoms. The van der Waals surface area contributed by atoms with Crippen molar-refractivity contribution in [1.82, 2.24) is 9.62 Å². The van der Waals surface area contributed by atoms with E-state index in [2.05, 4.69) is 9.46 Å². The number of carbonyl (C=O) groups is 2. The number of halogens is 1. The summed E-state index contributed by atoms with van der Waals surface area (Å²) in [7, 11) is -1.06. The van der Waals surface area contributed by atoms with E-state index in [1.54, 1.807) is 7.05 Å². The van der Waals surface area contributed by atoms with E-state index < -0.39 is 22.0 Å². The van der Waals surface area contributed by atoms with Crippen LogP contribution in [0.25, 0.3) is 0 Å². The molecule has 0 saturated carbocycles. The highest BCUT2D eigenvalue weighted by molar-refractivity contribution is 7.89. The second-order valence-electron chi connectivity index (χ2n) is 4.93. The van der Waals surface area contributed by atoms with Gasteiger partial charge in [0.15, 0.2) is 0 Å². The van der Waals surface area contributed by atoms with Gasteiger partial charge in [-0.3, -0.25) is 4.79 Å². The first-order valence-electron chi connectivity index (χ1n) is 6.38. The van der Waals surface area contributed by atoms with Gasteiger partial charge in [-0.15, -0.1) is 0 Å². The summed E-state index contributed by atoms with van der Waals surface area (Å²) in [5, 5.41) is -0.0897. The lowest BCUT2D eigenvalue weighted by Gasteiger charge is -2.14. The molecule has 0 aromatic heterocycles. The summed E-state index contributed by atoms with van der Waals surface area (Å²) in [5.74, 6) is -0.735. The fourth-order valence-electron chi connectivity index (χ4n) is 2.19. The lowest BCUT2D eigenvalue weighted by molar-refractivity contribution is -0.126. The van der Waals surface area contributed by atoms with Gasteiger partial charge < -0.3 is 9.64 Å². The number of sulfonamides is 1. The summed E-state index contributed by atoms with van der Waals surface area (Å²) in [6.07, 6.45) is 0.105. The van der Waals surface area contributed by atoms with Gasteiger partial charge >= 0.3 is 5.97 Å². The third-order valence-electron chi connectivity index (χ3n) is 3.31. The van der Waals surface area contributed by atoms with E-state index in [1.807, 2.05) is 0 Å². The third kappa shape index (κ3) is 3.40. The average molecular weight is 347 g/mol. The highest BCUT2D eigenvalue weighted by Crippen LogP contribution is 2.24. The van der Waals surface area contributed by atoms with Crippen molar-refractivity contribution in [3.63, 3.8) is 0 Å². The molecule has 1 atom stereocenters. The van der Waals surface area contributed by atoms with E-state index in [9.17, 15) is 18.0 Å². The molecule has 1 fully saturated rings. The molecule has 1 N–H and O–H groups in total. The molecule has 2 rings (SSSR count). The SMILES string of the molecule is COC(=O)c1ccc(S(=O)(=O)N[C@@H]2CC(=O)N(C)C2)c(Cl)c1. The lowest BCUT2D eigenvalue weighted by Crippen LogP contribution is -2.36. The van der Waals surface area contributed by atoms with Crippen molar-refractivity contribution in [2.24, 2.45) is 0 Å². The first-order valence-corrected chi connectivity index (χ1v) is 8.25. The van der Waals surface area contributed by atoms with Crippen LogP contribution in [0, 0.1) is 0 Å². The second-order valence-corrected chi connectivity index (χ2v) is 7.02. The molecule has 1 aromatic carbocycles. The molecule has 1 aromatic rings. The molecule has 1 aliphatic rings. The third-order valence-corrected chi connectivity index (χ3v) is 5.31. The summed E-state index contributed by atoms with van der Waals surface area (Å²) >= 11 is 5.95. The second kappa shape index (κ2) is 6.23. The van der Waals surface area contributed by atoms with E-state index in [0.717, 1.165) is 0 Å². The van der Waals surface area contributed by atoms with Crippen molar-refractivity contribution in [2.45, 2.75) is 17.4 Å². The van der Waals surface area contributed by atoms with Gasteiger partial charge in [0.05, 0.1) is 17.7 Å². The van der Waals surface area contributed by atoms with Crippen molar-refractivity contribution >= 4 is 33.5 Å². The van der Waals surface area contributed by atoms with Gasteiger partial charge in [0.1, 0.15) is 4.90 Å². The monoisotopic (exact) mass is 346 g/mol. The van der Waals surface area contributed by atoms with Gasteiger partial charge in [-0.2, -0.15) is 0 Å². The number of benzene rings is 1. The Labute approximate surface area is 133 Å². The lowest BCUT2D eigenvalue weighted by atomic mass is 10.2. The summed E-state index contributed by atoms with van der Waals surface area (Å²) < 4.78 is 31.7. The number of nitrogens with zero attached hydrogens (tertiary/aromatic N) is 1. The highest BCUT2D eigenvalue weighted by atomic mass is 35.5. The molecule has 9 heteroatoms. The van der Waals surface area contributed by atoms with Crippen LogP contribution in [-0.4, -0.2) is 51.9 Å². The van der Waals surface area contributed by atoms with E-state index in [1.165, 1.54) is 30.2 Å². The quantitative estimate of drug-likeness (QED) is 0.807. The van der Waals surface area contributed by atoms with Gasteiger partial charge in [0.25, 0.3) is 0 Å². The van der Waals surface area contributed by atoms with Gasteiger partial charge in [-0.25, -0.2) is 17.9 Å². The normalized spacial score (nSPS) is 18.6. The minimum absolute atomic E-state index is 0.0897. The number of esters is 1. The fraction of sp³-hybridized carbons (Fsp3) is 0.385. The molecule has 1 heterocycles. The van der Waals surface area contributed by atoms with Crippen LogP contribution < -0.4 is 4.72 Å². The summed E-state index contributed by atoms with van der Waals surface area (Å²) in [6, 6.07) is 3.28. The van der Waals surface area contributed by atoms with Crippen LogP contribution in [0.4, 0.5) is 0 Å². The van der Waals surface area contributed by atoms with Gasteiger partial charge in [0.2, 0.25) is 15.9 Å². The van der Waals surface area contributed by atoms with E-state index in [-0.39, 0.29) is 27.8 Å². The zero-order chi connectivity index (χ0) is 16.5. The van der Waals surface area contributed by atoms with Crippen LogP contribution in [0.3, 0.4) is 0 Å². The molecular weight excluding hydrogens is 332 g/mol. The first kappa shape index (κ1) is 16.7. The molecule has 120 valence electrons. The summed E-state index contributed by atoms with van der Waals surface area (Å²) in [4.78, 5) is 24.1. The molecular formula is C13H15ClN2O5S. The zero-order valence-electron chi connectivity index (χ0n) is 12.0. The largest absolute Gasteiger partial charge is 0.465 e. The molecule has 0 unspecified atom stereocenters. The molecule has 7 nitrogen and oxygen atoms in total. The van der Waals surface area contributed by atoms with E-state index in [4.69, 9.17) is 11.6 Å². The van der Waals surface area contributed by atoms with Crippen LogP contribution in [0.2, 0.25) is 5.02 Å². The van der Waals surface area contributed by atoms with Crippen LogP contribution in [0.5, 0.6) is 0 Å². The van der Waals surface area contributed by atoms with Gasteiger partial charge in [-0.1, -0.05) is 11.6 Å². The Morgan fingerprint density at radius 1 is 1.45 bits per heavy atom. The molecule has 1 amide bonds. The maximum absolute atomic E-state index is 12.3. The van der Waals surface area contributed by atoms with Gasteiger partial charge in [0, 0.05) is 26.1 Å². The molecule has 0 radical (unpaired) electrons. The Morgan fingerprint density at radius 2 is 2.14 bits per heavy atom. The number of ether oxygens (including phenoxy) is 1. The van der Waals surface area contributed by atoms with E-state index >= 15 is 0 Å². The number of amides is 1. The standard InChI is InChI=1S/C13H15ClN2O5S/c1-16-7-9(6-12(16)17)15-22(19,20)11-4-3-8(5-10(11)14)13(18)21-2/h3-5,9,15H,6-7H2,1-2H3/t9-/m1/s1. The van der Waals surface area contributed by atoms with Crippen LogP contribution >= 0.6 is 11.6 Å². The fourth-order valence-corrected chi connectivity index (χ4v) is 3.96.